The lowest BCUT2D eigenvalue weighted by atomic mass is 10.1. The molecule has 5 atom stereocenters. The van der Waals surface area contributed by atoms with E-state index in [2.05, 4.69) is 186 Å². The molecular weight excluding hydrogens is 1400 g/mol. The zero-order valence-corrected chi connectivity index (χ0v) is 68.0. The van der Waals surface area contributed by atoms with Gasteiger partial charge >= 0.3 is 39.5 Å². The number of carbonyl (C=O) groups excluding carboxylic acids is 4. The Morgan fingerprint density at radius 1 is 0.278 bits per heavy atom. The van der Waals surface area contributed by atoms with E-state index in [1.807, 2.05) is 48.6 Å². The van der Waals surface area contributed by atoms with Crippen LogP contribution in [0.1, 0.15) is 259 Å². The first kappa shape index (κ1) is 101. The number of unbranched alkanes of at least 4 members (excludes halogenated alkanes) is 11. The Balaban J connectivity index is 5.59. The smallest absolute Gasteiger partial charge is 0.462 e. The first-order valence-corrected chi connectivity index (χ1v) is 43.0. The van der Waals surface area contributed by atoms with Gasteiger partial charge in [-0.15, -0.1) is 0 Å². The third-order valence-corrected chi connectivity index (χ3v) is 17.4. The number of phosphoric ester groups is 2. The van der Waals surface area contributed by atoms with Crippen LogP contribution in [0.4, 0.5) is 0 Å². The van der Waals surface area contributed by atoms with Crippen LogP contribution in [-0.4, -0.2) is 96.7 Å². The highest BCUT2D eigenvalue weighted by molar-refractivity contribution is 7.47. The molecule has 0 aliphatic heterocycles. The SMILES string of the molecule is CC/C=C\C/C=C\C/C=C\C/C=C\C/C=C\C/C=C\CCC(=O)OCC(COP(=O)(O)OCC(O)COP(=O)(O)OCC(COC(=O)CC/C=C\C/C=C\C/C=C\C/C=C\C/C=C\C/C=C\CC)OC(=O)CCCCCCC/C=C\CCCCCCCC)OC(=O)C/C=C\C/C=C\C/C=C\C/C=C\C/C=C\CC. The molecule has 0 aliphatic rings. The van der Waals surface area contributed by atoms with Crippen molar-refractivity contribution in [3.05, 3.63) is 219 Å². The van der Waals surface area contributed by atoms with Gasteiger partial charge in [0.1, 0.15) is 19.3 Å². The number of hydrogen-bond donors (Lipinski definition) is 3. The van der Waals surface area contributed by atoms with Crippen LogP contribution < -0.4 is 0 Å². The molecule has 0 amide bonds. The predicted octanol–water partition coefficient (Wildman–Crippen LogP) is 23.7. The molecule has 3 N–H and O–H groups in total. The van der Waals surface area contributed by atoms with E-state index in [9.17, 15) is 43.2 Å². The van der Waals surface area contributed by atoms with E-state index in [1.54, 1.807) is 12.2 Å². The zero-order valence-electron chi connectivity index (χ0n) is 66.2. The first-order chi connectivity index (χ1) is 52.7. The summed E-state index contributed by atoms with van der Waals surface area (Å²) >= 11 is 0. The zero-order chi connectivity index (χ0) is 78.9. The van der Waals surface area contributed by atoms with E-state index in [-0.39, 0.29) is 25.7 Å². The average Bonchev–Trinajstić information content (AvgIpc) is 0.923. The van der Waals surface area contributed by atoms with E-state index in [0.717, 1.165) is 128 Å². The molecule has 0 aromatic rings. The fraction of sp³-hybridized carbons (Fsp3) is 0.551. The molecule has 0 fully saturated rings. The maximum absolute atomic E-state index is 13.1. The van der Waals surface area contributed by atoms with Crippen molar-refractivity contribution in [1.29, 1.82) is 0 Å². The summed E-state index contributed by atoms with van der Waals surface area (Å²) in [5, 5.41) is 10.6. The minimum absolute atomic E-state index is 0.00563. The summed E-state index contributed by atoms with van der Waals surface area (Å²) in [4.78, 5) is 72.9. The minimum atomic E-state index is -5.04. The number of rotatable bonds is 72. The minimum Gasteiger partial charge on any atom is -0.462 e. The molecule has 0 bridgehead atoms. The van der Waals surface area contributed by atoms with Gasteiger partial charge in [-0.1, -0.05) is 298 Å². The fourth-order valence-electron chi connectivity index (χ4n) is 9.52. The summed E-state index contributed by atoms with van der Waals surface area (Å²) in [7, 11) is -10.1. The summed E-state index contributed by atoms with van der Waals surface area (Å²) in [6.45, 7) is 4.19. The molecule has 0 aliphatic carbocycles. The molecule has 19 heteroatoms. The highest BCUT2D eigenvalue weighted by Crippen LogP contribution is 2.45. The summed E-state index contributed by atoms with van der Waals surface area (Å²) in [5.74, 6) is -2.56. The number of ether oxygens (including phenoxy) is 4. The molecule has 17 nitrogen and oxygen atoms in total. The number of carbonyl (C=O) groups is 4. The molecule has 0 radical (unpaired) electrons. The lowest BCUT2D eigenvalue weighted by Gasteiger charge is -2.21. The number of hydrogen-bond acceptors (Lipinski definition) is 15. The highest BCUT2D eigenvalue weighted by atomic mass is 31.2. The van der Waals surface area contributed by atoms with Crippen molar-refractivity contribution in [2.45, 2.75) is 277 Å². The van der Waals surface area contributed by atoms with Crippen molar-refractivity contribution < 1.29 is 80.2 Å². The fourth-order valence-corrected chi connectivity index (χ4v) is 11.1. The normalized spacial score (nSPS) is 15.0. The molecule has 0 heterocycles. The van der Waals surface area contributed by atoms with E-state index in [4.69, 9.17) is 37.0 Å². The van der Waals surface area contributed by atoms with Gasteiger partial charge in [0.15, 0.2) is 12.2 Å². The third-order valence-electron chi connectivity index (χ3n) is 15.5. The Morgan fingerprint density at radius 2 is 0.537 bits per heavy atom. The van der Waals surface area contributed by atoms with Crippen LogP contribution in [-0.2, 0) is 65.4 Å². The van der Waals surface area contributed by atoms with Crippen molar-refractivity contribution in [2.75, 3.05) is 39.6 Å². The molecule has 0 rings (SSSR count). The van der Waals surface area contributed by atoms with Crippen LogP contribution in [0.3, 0.4) is 0 Å². The highest BCUT2D eigenvalue weighted by Gasteiger charge is 2.30. The summed E-state index contributed by atoms with van der Waals surface area (Å²) in [6.07, 6.45) is 99.8. The Hall–Kier alpha value is -6.62. The maximum atomic E-state index is 13.1. The maximum Gasteiger partial charge on any atom is 0.472 e. The number of esters is 4. The van der Waals surface area contributed by atoms with Crippen molar-refractivity contribution in [3.8, 4) is 0 Å². The van der Waals surface area contributed by atoms with E-state index < -0.39 is 97.5 Å². The van der Waals surface area contributed by atoms with Crippen molar-refractivity contribution in [2.24, 2.45) is 0 Å². The monoisotopic (exact) mass is 1540 g/mol. The molecule has 606 valence electrons. The van der Waals surface area contributed by atoms with Gasteiger partial charge in [-0.05, 0) is 154 Å². The average molecular weight is 1540 g/mol. The predicted molar refractivity (Wildman–Crippen MR) is 445 cm³/mol. The number of aliphatic hydroxyl groups is 1. The van der Waals surface area contributed by atoms with Gasteiger partial charge in [-0.3, -0.25) is 37.3 Å². The quantitative estimate of drug-likeness (QED) is 0.0169. The molecule has 108 heavy (non-hydrogen) atoms. The molecular formula is C89H138O17P2. The second-order valence-electron chi connectivity index (χ2n) is 25.5. The van der Waals surface area contributed by atoms with Gasteiger partial charge in [0.2, 0.25) is 0 Å². The third kappa shape index (κ3) is 77.5. The molecule has 0 saturated carbocycles. The van der Waals surface area contributed by atoms with E-state index in [1.165, 1.54) is 38.5 Å². The summed E-state index contributed by atoms with van der Waals surface area (Å²) in [6, 6.07) is 0. The number of allylic oxidation sites excluding steroid dienone is 35. The second kappa shape index (κ2) is 78.5. The standard InChI is InChI=1S/C89H138O17P2/c1-5-9-13-17-21-25-29-33-37-39-41-43-47-49-53-57-61-65-69-73-86(91)99-79-84(105-88(93)75-71-67-63-59-55-51-45-35-31-27-23-19-15-11-7-3)81-103-107(95,96)101-77-83(90)78-102-108(97,98)104-82-85(106-89(94)76-72-68-64-60-56-52-46-36-32-28-24-20-16-12-8-4)80-100-87(92)74-70-66-62-58-54-50-48-44-42-40-38-34-30-26-22-18-14-10-6-2/h9-11,13-15,21-23,25-27,33-38,41-46,49-50,53-55,59,61-62,65-67,71,83-85,90H,5-8,12,16-20,24,28-32,39-40,47-48,51-52,56-58,60,63-64,68-70,72-82H2,1-4H3,(H,95,96)(H,97,98)/b13-9-,14-10-,15-11-,25-21-,26-22-,27-23-,37-33-,38-34-,43-41-,44-42-,45-35-,46-36-,53-49-,54-50-,59-55-,65-61-,66-62-,71-67-. The number of phosphoric acid groups is 2. The van der Waals surface area contributed by atoms with Crippen LogP contribution >= 0.6 is 15.6 Å². The van der Waals surface area contributed by atoms with Crippen LogP contribution in [0.15, 0.2) is 219 Å². The van der Waals surface area contributed by atoms with Gasteiger partial charge in [0.05, 0.1) is 32.8 Å². The lowest BCUT2D eigenvalue weighted by molar-refractivity contribution is -0.161. The largest absolute Gasteiger partial charge is 0.472 e. The summed E-state index contributed by atoms with van der Waals surface area (Å²) in [5.41, 5.74) is 0. The Kier molecular flexibility index (Phi) is 73.7. The van der Waals surface area contributed by atoms with Crippen molar-refractivity contribution in [3.63, 3.8) is 0 Å². The van der Waals surface area contributed by atoms with Crippen LogP contribution in [0.2, 0.25) is 0 Å². The Bertz CT molecular complexity index is 2910. The molecule has 0 aromatic carbocycles. The van der Waals surface area contributed by atoms with Gasteiger partial charge in [0.25, 0.3) is 0 Å². The van der Waals surface area contributed by atoms with Crippen LogP contribution in [0.25, 0.3) is 0 Å². The Morgan fingerprint density at radius 3 is 0.861 bits per heavy atom. The van der Waals surface area contributed by atoms with E-state index in [0.29, 0.717) is 38.5 Å². The molecule has 5 unspecified atom stereocenters. The molecule has 0 saturated heterocycles. The molecule has 0 aromatic heterocycles. The molecule has 0 spiro atoms. The summed E-state index contributed by atoms with van der Waals surface area (Å²) < 4.78 is 68.3. The van der Waals surface area contributed by atoms with Gasteiger partial charge in [-0.25, -0.2) is 9.13 Å². The van der Waals surface area contributed by atoms with Gasteiger partial charge < -0.3 is 33.8 Å². The van der Waals surface area contributed by atoms with Crippen molar-refractivity contribution in [1.82, 2.24) is 0 Å². The van der Waals surface area contributed by atoms with Crippen LogP contribution in [0.5, 0.6) is 0 Å². The Labute approximate surface area is 651 Å². The van der Waals surface area contributed by atoms with Crippen LogP contribution in [0, 0.1) is 0 Å². The topological polar surface area (TPSA) is 237 Å². The first-order valence-electron chi connectivity index (χ1n) is 40.0. The number of aliphatic hydroxyl groups excluding tert-OH is 1. The lowest BCUT2D eigenvalue weighted by Crippen LogP contribution is -2.30. The van der Waals surface area contributed by atoms with Crippen molar-refractivity contribution >= 4 is 39.5 Å². The second-order valence-corrected chi connectivity index (χ2v) is 28.4. The van der Waals surface area contributed by atoms with E-state index >= 15 is 0 Å². The van der Waals surface area contributed by atoms with Gasteiger partial charge in [0, 0.05) is 19.3 Å². The van der Waals surface area contributed by atoms with Gasteiger partial charge in [-0.2, -0.15) is 0 Å².